The molecule has 0 aliphatic heterocycles. The number of ether oxygens (including phenoxy) is 4. The van der Waals surface area contributed by atoms with Crippen molar-refractivity contribution in [3.05, 3.63) is 41.4 Å². The molecule has 1 amide bonds. The van der Waals surface area contributed by atoms with E-state index in [1.54, 1.807) is 19.2 Å². The average molecular weight is 395 g/mol. The molecule has 0 saturated heterocycles. The van der Waals surface area contributed by atoms with Crippen molar-refractivity contribution < 1.29 is 23.7 Å². The normalized spacial score (nSPS) is 10.1. The van der Waals surface area contributed by atoms with Gasteiger partial charge in [-0.15, -0.1) is 0 Å². The first-order valence-corrected chi connectivity index (χ1v) is 8.64. The lowest BCUT2D eigenvalue weighted by molar-refractivity contribution is -0.119. The van der Waals surface area contributed by atoms with Crippen LogP contribution >= 0.6 is 11.6 Å². The highest BCUT2D eigenvalue weighted by Gasteiger charge is 2.11. The maximum Gasteiger partial charge on any atom is 0.239 e. The van der Waals surface area contributed by atoms with Crippen LogP contribution in [0.4, 0.5) is 5.69 Å². The molecule has 0 heterocycles. The minimum absolute atomic E-state index is 0.0731. The Labute approximate surface area is 163 Å². The number of hydrogen-bond acceptors (Lipinski definition) is 6. The third-order valence-electron chi connectivity index (χ3n) is 3.67. The van der Waals surface area contributed by atoms with Gasteiger partial charge in [0.1, 0.15) is 29.6 Å². The molecular formula is C19H23ClN2O5. The third kappa shape index (κ3) is 6.14. The van der Waals surface area contributed by atoms with E-state index in [0.717, 1.165) is 5.75 Å². The van der Waals surface area contributed by atoms with Crippen LogP contribution in [0.25, 0.3) is 0 Å². The molecule has 0 fully saturated rings. The summed E-state index contributed by atoms with van der Waals surface area (Å²) in [5.74, 6) is 2.31. The van der Waals surface area contributed by atoms with Crippen molar-refractivity contribution in [2.75, 3.05) is 46.3 Å². The van der Waals surface area contributed by atoms with Crippen LogP contribution in [0.5, 0.6) is 23.0 Å². The summed E-state index contributed by atoms with van der Waals surface area (Å²) in [4.78, 5) is 12.0. The van der Waals surface area contributed by atoms with Gasteiger partial charge in [0, 0.05) is 12.1 Å². The second-order valence-electron chi connectivity index (χ2n) is 5.41. The number of hydrogen-bond donors (Lipinski definition) is 2. The Hall–Kier alpha value is -2.80. The van der Waals surface area contributed by atoms with Gasteiger partial charge in [-0.05, 0) is 24.3 Å². The summed E-state index contributed by atoms with van der Waals surface area (Å²) in [6, 6.07) is 10.5. The van der Waals surface area contributed by atoms with Gasteiger partial charge < -0.3 is 29.6 Å². The van der Waals surface area contributed by atoms with E-state index in [0.29, 0.717) is 41.1 Å². The Kier molecular flexibility index (Phi) is 7.88. The van der Waals surface area contributed by atoms with Crippen LogP contribution in [0.3, 0.4) is 0 Å². The Morgan fingerprint density at radius 1 is 0.963 bits per heavy atom. The molecule has 0 atom stereocenters. The topological polar surface area (TPSA) is 78.1 Å². The van der Waals surface area contributed by atoms with Crippen LogP contribution in [-0.2, 0) is 4.79 Å². The number of anilines is 1. The van der Waals surface area contributed by atoms with E-state index in [9.17, 15) is 4.79 Å². The van der Waals surface area contributed by atoms with E-state index in [2.05, 4.69) is 10.6 Å². The molecule has 0 aromatic heterocycles. The summed E-state index contributed by atoms with van der Waals surface area (Å²) in [5.41, 5.74) is 0.614. The summed E-state index contributed by atoms with van der Waals surface area (Å²) in [7, 11) is 4.65. The van der Waals surface area contributed by atoms with Gasteiger partial charge in [0.25, 0.3) is 0 Å². The highest BCUT2D eigenvalue weighted by molar-refractivity contribution is 6.32. The van der Waals surface area contributed by atoms with E-state index >= 15 is 0 Å². The number of rotatable bonds is 10. The molecule has 7 nitrogen and oxygen atoms in total. The van der Waals surface area contributed by atoms with Gasteiger partial charge >= 0.3 is 0 Å². The van der Waals surface area contributed by atoms with Crippen LogP contribution in [0.1, 0.15) is 0 Å². The molecule has 146 valence electrons. The van der Waals surface area contributed by atoms with Gasteiger partial charge in [0.05, 0.1) is 45.1 Å². The number of amides is 1. The monoisotopic (exact) mass is 394 g/mol. The molecule has 0 unspecified atom stereocenters. The predicted molar refractivity (Wildman–Crippen MR) is 105 cm³/mol. The van der Waals surface area contributed by atoms with Gasteiger partial charge in [-0.2, -0.15) is 0 Å². The molecule has 0 bridgehead atoms. The van der Waals surface area contributed by atoms with E-state index in [-0.39, 0.29) is 12.5 Å². The number of carbonyl (C=O) groups is 1. The molecule has 0 aliphatic rings. The summed E-state index contributed by atoms with van der Waals surface area (Å²) in [5, 5.41) is 6.21. The van der Waals surface area contributed by atoms with Crippen LogP contribution < -0.4 is 29.6 Å². The van der Waals surface area contributed by atoms with Gasteiger partial charge in [-0.1, -0.05) is 11.6 Å². The molecule has 2 rings (SSSR count). The standard InChI is InChI=1S/C19H23ClN2O5/c1-24-13-4-6-14(7-5-13)27-9-8-21-19(23)12-22-16-11-17(25-2)15(20)10-18(16)26-3/h4-7,10-11,22H,8-9,12H2,1-3H3,(H,21,23). The molecule has 0 spiro atoms. The summed E-state index contributed by atoms with van der Waals surface area (Å²) in [6.07, 6.45) is 0. The van der Waals surface area contributed by atoms with E-state index < -0.39 is 0 Å². The SMILES string of the molecule is COc1ccc(OCCNC(=O)CNc2cc(OC)c(Cl)cc2OC)cc1. The average Bonchev–Trinajstić information content (AvgIpc) is 2.70. The number of carbonyl (C=O) groups excluding carboxylic acids is 1. The van der Waals surface area contributed by atoms with Gasteiger partial charge in [-0.25, -0.2) is 0 Å². The lowest BCUT2D eigenvalue weighted by atomic mass is 10.2. The lowest BCUT2D eigenvalue weighted by Crippen LogP contribution is -2.33. The highest BCUT2D eigenvalue weighted by Crippen LogP contribution is 2.35. The van der Waals surface area contributed by atoms with Gasteiger partial charge in [-0.3, -0.25) is 4.79 Å². The fourth-order valence-electron chi connectivity index (χ4n) is 2.27. The largest absolute Gasteiger partial charge is 0.497 e. The Bertz CT molecular complexity index is 753. The van der Waals surface area contributed by atoms with Crippen LogP contribution in [-0.4, -0.2) is 46.9 Å². The van der Waals surface area contributed by atoms with E-state index in [1.807, 2.05) is 24.3 Å². The highest BCUT2D eigenvalue weighted by atomic mass is 35.5. The van der Waals surface area contributed by atoms with Crippen molar-refractivity contribution in [1.82, 2.24) is 5.32 Å². The number of nitrogens with one attached hydrogen (secondary N) is 2. The zero-order valence-corrected chi connectivity index (χ0v) is 16.3. The molecule has 0 radical (unpaired) electrons. The van der Waals surface area contributed by atoms with Crippen molar-refractivity contribution in [1.29, 1.82) is 0 Å². The predicted octanol–water partition coefficient (Wildman–Crippen LogP) is 2.97. The Balaban J connectivity index is 1.76. The second kappa shape index (κ2) is 10.4. The molecule has 2 aromatic rings. The van der Waals surface area contributed by atoms with Crippen molar-refractivity contribution in [2.24, 2.45) is 0 Å². The van der Waals surface area contributed by atoms with Gasteiger partial charge in [0.15, 0.2) is 0 Å². The first kappa shape index (κ1) is 20.5. The molecule has 8 heteroatoms. The van der Waals surface area contributed by atoms with Crippen molar-refractivity contribution in [3.63, 3.8) is 0 Å². The molecular weight excluding hydrogens is 372 g/mol. The fourth-order valence-corrected chi connectivity index (χ4v) is 2.50. The van der Waals surface area contributed by atoms with Crippen molar-refractivity contribution in [2.45, 2.75) is 0 Å². The van der Waals surface area contributed by atoms with E-state index in [4.69, 9.17) is 30.5 Å². The number of halogens is 1. The minimum atomic E-state index is -0.177. The zero-order chi connectivity index (χ0) is 19.6. The van der Waals surface area contributed by atoms with Crippen LogP contribution in [0.15, 0.2) is 36.4 Å². The Morgan fingerprint density at radius 3 is 2.26 bits per heavy atom. The quantitative estimate of drug-likeness (QED) is 0.603. The maximum atomic E-state index is 12.0. The van der Waals surface area contributed by atoms with Crippen molar-refractivity contribution in [3.8, 4) is 23.0 Å². The molecule has 27 heavy (non-hydrogen) atoms. The van der Waals surface area contributed by atoms with Gasteiger partial charge in [0.2, 0.25) is 5.91 Å². The zero-order valence-electron chi connectivity index (χ0n) is 15.5. The first-order chi connectivity index (χ1) is 13.1. The molecule has 0 saturated carbocycles. The Morgan fingerprint density at radius 2 is 1.63 bits per heavy atom. The van der Waals surface area contributed by atoms with Crippen LogP contribution in [0.2, 0.25) is 5.02 Å². The summed E-state index contributed by atoms with van der Waals surface area (Å²) < 4.78 is 21.1. The third-order valence-corrected chi connectivity index (χ3v) is 3.96. The van der Waals surface area contributed by atoms with Crippen molar-refractivity contribution >= 4 is 23.2 Å². The second-order valence-corrected chi connectivity index (χ2v) is 5.82. The minimum Gasteiger partial charge on any atom is -0.497 e. The molecule has 2 N–H and O–H groups in total. The molecule has 2 aromatic carbocycles. The van der Waals surface area contributed by atoms with Crippen LogP contribution in [0, 0.1) is 0 Å². The number of methoxy groups -OCH3 is 3. The molecule has 0 aliphatic carbocycles. The first-order valence-electron chi connectivity index (χ1n) is 8.26. The smallest absolute Gasteiger partial charge is 0.239 e. The van der Waals surface area contributed by atoms with E-state index in [1.165, 1.54) is 14.2 Å². The number of benzene rings is 2. The summed E-state index contributed by atoms with van der Waals surface area (Å²) in [6.45, 7) is 0.813. The summed E-state index contributed by atoms with van der Waals surface area (Å²) >= 11 is 6.06. The fraction of sp³-hybridized carbons (Fsp3) is 0.316. The maximum absolute atomic E-state index is 12.0. The lowest BCUT2D eigenvalue weighted by Gasteiger charge is -2.14.